The van der Waals surface area contributed by atoms with Gasteiger partial charge in [0.25, 0.3) is 0 Å². The minimum Gasteiger partial charge on any atom is -0.504 e. The first kappa shape index (κ1) is 14.4. The zero-order valence-corrected chi connectivity index (χ0v) is 11.3. The Bertz CT molecular complexity index is 424. The Balaban J connectivity index is 2.67. The van der Waals surface area contributed by atoms with Gasteiger partial charge in [-0.25, -0.2) is 0 Å². The average Bonchev–Trinajstić information content (AvgIpc) is 2.37. The van der Waals surface area contributed by atoms with Crippen molar-refractivity contribution in [3.63, 3.8) is 0 Å². The van der Waals surface area contributed by atoms with Crippen molar-refractivity contribution in [2.24, 2.45) is 5.41 Å². The van der Waals surface area contributed by atoms with Crippen LogP contribution in [0.5, 0.6) is 11.5 Å². The molecule has 1 aromatic carbocycles. The standard InChI is InChI=1S/C14H20O4/c1-5-14(2,3)13(16)18-9-10-6-7-11(15)12(8-10)17-4/h6-8,15H,5,9H2,1-4H3. The summed E-state index contributed by atoms with van der Waals surface area (Å²) in [6.45, 7) is 5.84. The van der Waals surface area contributed by atoms with E-state index in [-0.39, 0.29) is 18.3 Å². The predicted molar refractivity (Wildman–Crippen MR) is 68.5 cm³/mol. The maximum Gasteiger partial charge on any atom is 0.311 e. The monoisotopic (exact) mass is 252 g/mol. The van der Waals surface area contributed by atoms with Crippen molar-refractivity contribution in [1.82, 2.24) is 0 Å². The predicted octanol–water partition coefficient (Wildman–Crippen LogP) is 2.88. The van der Waals surface area contributed by atoms with Gasteiger partial charge in [-0.15, -0.1) is 0 Å². The van der Waals surface area contributed by atoms with Gasteiger partial charge in [0, 0.05) is 0 Å². The molecule has 1 aromatic rings. The topological polar surface area (TPSA) is 55.8 Å². The lowest BCUT2D eigenvalue weighted by Gasteiger charge is -2.20. The number of benzene rings is 1. The highest BCUT2D eigenvalue weighted by molar-refractivity contribution is 5.75. The average molecular weight is 252 g/mol. The van der Waals surface area contributed by atoms with Crippen LogP contribution in [0.15, 0.2) is 18.2 Å². The second-order valence-corrected chi connectivity index (χ2v) is 4.82. The van der Waals surface area contributed by atoms with Crippen LogP contribution in [0.2, 0.25) is 0 Å². The Morgan fingerprint density at radius 3 is 2.61 bits per heavy atom. The van der Waals surface area contributed by atoms with Gasteiger partial charge < -0.3 is 14.6 Å². The molecule has 1 N–H and O–H groups in total. The van der Waals surface area contributed by atoms with Crippen molar-refractivity contribution in [3.05, 3.63) is 23.8 Å². The molecule has 18 heavy (non-hydrogen) atoms. The van der Waals surface area contributed by atoms with Crippen LogP contribution >= 0.6 is 0 Å². The van der Waals surface area contributed by atoms with Gasteiger partial charge in [0.2, 0.25) is 0 Å². The fourth-order valence-electron chi connectivity index (χ4n) is 1.30. The summed E-state index contributed by atoms with van der Waals surface area (Å²) >= 11 is 0. The Labute approximate surface area is 108 Å². The normalized spacial score (nSPS) is 11.1. The van der Waals surface area contributed by atoms with Gasteiger partial charge in [0.05, 0.1) is 12.5 Å². The molecule has 0 spiro atoms. The molecule has 4 heteroatoms. The summed E-state index contributed by atoms with van der Waals surface area (Å²) in [6.07, 6.45) is 0.727. The first-order chi connectivity index (χ1) is 8.40. The third kappa shape index (κ3) is 3.39. The summed E-state index contributed by atoms with van der Waals surface area (Å²) in [4.78, 5) is 11.8. The van der Waals surface area contributed by atoms with E-state index < -0.39 is 5.41 Å². The molecule has 0 unspecified atom stereocenters. The number of hydrogen-bond acceptors (Lipinski definition) is 4. The number of phenolic OH excluding ortho intramolecular Hbond substituents is 1. The van der Waals surface area contributed by atoms with Crippen LogP contribution in [-0.2, 0) is 16.1 Å². The number of hydrogen-bond donors (Lipinski definition) is 1. The zero-order chi connectivity index (χ0) is 13.8. The lowest BCUT2D eigenvalue weighted by Crippen LogP contribution is -2.25. The number of rotatable bonds is 5. The van der Waals surface area contributed by atoms with Gasteiger partial charge in [0.15, 0.2) is 11.5 Å². The molecule has 0 atom stereocenters. The van der Waals surface area contributed by atoms with Gasteiger partial charge in [-0.1, -0.05) is 13.0 Å². The van der Waals surface area contributed by atoms with Gasteiger partial charge in [-0.2, -0.15) is 0 Å². The number of esters is 1. The highest BCUT2D eigenvalue weighted by Gasteiger charge is 2.26. The van der Waals surface area contributed by atoms with E-state index in [1.165, 1.54) is 13.2 Å². The number of carbonyl (C=O) groups is 1. The summed E-state index contributed by atoms with van der Waals surface area (Å²) in [6, 6.07) is 4.87. The second kappa shape index (κ2) is 5.76. The van der Waals surface area contributed by atoms with Crippen LogP contribution in [-0.4, -0.2) is 18.2 Å². The van der Waals surface area contributed by atoms with Gasteiger partial charge in [0.1, 0.15) is 6.61 Å². The van der Waals surface area contributed by atoms with Crippen LogP contribution in [0.1, 0.15) is 32.8 Å². The Kier molecular flexibility index (Phi) is 4.59. The van der Waals surface area contributed by atoms with E-state index >= 15 is 0 Å². The van der Waals surface area contributed by atoms with E-state index in [2.05, 4.69) is 0 Å². The van der Waals surface area contributed by atoms with Crippen LogP contribution in [0.4, 0.5) is 0 Å². The van der Waals surface area contributed by atoms with Crippen LogP contribution in [0.25, 0.3) is 0 Å². The molecule has 0 aliphatic heterocycles. The minimum atomic E-state index is -0.471. The number of phenols is 1. The molecule has 0 saturated heterocycles. The molecule has 0 radical (unpaired) electrons. The largest absolute Gasteiger partial charge is 0.504 e. The van der Waals surface area contributed by atoms with Crippen LogP contribution in [0, 0.1) is 5.41 Å². The van der Waals surface area contributed by atoms with E-state index in [0.29, 0.717) is 5.75 Å². The summed E-state index contributed by atoms with van der Waals surface area (Å²) in [5.41, 5.74) is 0.311. The van der Waals surface area contributed by atoms with Crippen molar-refractivity contribution in [2.75, 3.05) is 7.11 Å². The highest BCUT2D eigenvalue weighted by atomic mass is 16.5. The SMILES string of the molecule is CCC(C)(C)C(=O)OCc1ccc(O)c(OC)c1. The number of carbonyl (C=O) groups excluding carboxylic acids is 1. The molecule has 100 valence electrons. The molecule has 4 nitrogen and oxygen atoms in total. The minimum absolute atomic E-state index is 0.0708. The molecule has 0 fully saturated rings. The molecule has 0 saturated carbocycles. The summed E-state index contributed by atoms with van der Waals surface area (Å²) < 4.78 is 10.2. The Morgan fingerprint density at radius 1 is 1.39 bits per heavy atom. The van der Waals surface area contributed by atoms with Crippen molar-refractivity contribution >= 4 is 5.97 Å². The molecule has 0 aliphatic rings. The third-order valence-electron chi connectivity index (χ3n) is 3.05. The molecule has 0 heterocycles. The third-order valence-corrected chi connectivity index (χ3v) is 3.05. The zero-order valence-electron chi connectivity index (χ0n) is 11.3. The summed E-state index contributed by atoms with van der Waals surface area (Å²) in [5.74, 6) is 0.219. The smallest absolute Gasteiger partial charge is 0.311 e. The van der Waals surface area contributed by atoms with Crippen LogP contribution < -0.4 is 4.74 Å². The molecular weight excluding hydrogens is 232 g/mol. The van der Waals surface area contributed by atoms with E-state index in [9.17, 15) is 9.90 Å². The van der Waals surface area contributed by atoms with Gasteiger partial charge in [-0.05, 0) is 38.0 Å². The van der Waals surface area contributed by atoms with Crippen molar-refractivity contribution in [3.8, 4) is 11.5 Å². The molecule has 0 bridgehead atoms. The Morgan fingerprint density at radius 2 is 2.06 bits per heavy atom. The number of ether oxygens (including phenoxy) is 2. The summed E-state index contributed by atoms with van der Waals surface area (Å²) in [5, 5.41) is 9.45. The molecular formula is C14H20O4. The molecule has 0 amide bonds. The van der Waals surface area contributed by atoms with E-state index in [1.807, 2.05) is 20.8 Å². The fraction of sp³-hybridized carbons (Fsp3) is 0.500. The number of aromatic hydroxyl groups is 1. The molecule has 1 rings (SSSR count). The molecule has 0 aliphatic carbocycles. The maximum absolute atomic E-state index is 11.8. The van der Waals surface area contributed by atoms with E-state index in [1.54, 1.807) is 12.1 Å². The first-order valence-corrected chi connectivity index (χ1v) is 5.94. The highest BCUT2D eigenvalue weighted by Crippen LogP contribution is 2.27. The lowest BCUT2D eigenvalue weighted by atomic mass is 9.91. The maximum atomic E-state index is 11.8. The summed E-state index contributed by atoms with van der Waals surface area (Å²) in [7, 11) is 1.48. The first-order valence-electron chi connectivity index (χ1n) is 5.94. The lowest BCUT2D eigenvalue weighted by molar-refractivity contribution is -0.155. The van der Waals surface area contributed by atoms with Gasteiger partial charge >= 0.3 is 5.97 Å². The quantitative estimate of drug-likeness (QED) is 0.819. The van der Waals surface area contributed by atoms with Crippen molar-refractivity contribution in [1.29, 1.82) is 0 Å². The van der Waals surface area contributed by atoms with Gasteiger partial charge in [-0.3, -0.25) is 4.79 Å². The van der Waals surface area contributed by atoms with Crippen molar-refractivity contribution in [2.45, 2.75) is 33.8 Å². The van der Waals surface area contributed by atoms with E-state index in [0.717, 1.165) is 12.0 Å². The fourth-order valence-corrected chi connectivity index (χ4v) is 1.30. The Hall–Kier alpha value is -1.71. The molecule has 0 aromatic heterocycles. The second-order valence-electron chi connectivity index (χ2n) is 4.82. The van der Waals surface area contributed by atoms with Crippen molar-refractivity contribution < 1.29 is 19.4 Å². The van der Waals surface area contributed by atoms with Crippen LogP contribution in [0.3, 0.4) is 0 Å². The number of methoxy groups -OCH3 is 1. The van der Waals surface area contributed by atoms with E-state index in [4.69, 9.17) is 9.47 Å².